The van der Waals surface area contributed by atoms with Crippen LogP contribution < -0.4 is 5.32 Å². The Morgan fingerprint density at radius 3 is 1.42 bits per heavy atom. The third kappa shape index (κ3) is 37.2. The van der Waals surface area contributed by atoms with E-state index in [2.05, 4.69) is 67.8 Å². The van der Waals surface area contributed by atoms with Crippen LogP contribution >= 0.6 is 0 Å². The molecular weight excluding hydrogens is 839 g/mol. The van der Waals surface area contributed by atoms with E-state index in [1.165, 1.54) is 161 Å². The zero-order valence-corrected chi connectivity index (χ0v) is 42.9. The molecule has 0 aromatic carbocycles. The van der Waals surface area contributed by atoms with Crippen LogP contribution in [0, 0.1) is 0 Å². The molecule has 9 nitrogen and oxygen atoms in total. The van der Waals surface area contributed by atoms with Crippen LogP contribution in [0.15, 0.2) is 72.9 Å². The van der Waals surface area contributed by atoms with Gasteiger partial charge in [0, 0.05) is 6.42 Å². The van der Waals surface area contributed by atoms with E-state index < -0.39 is 49.5 Å². The number of amides is 1. The van der Waals surface area contributed by atoms with Crippen molar-refractivity contribution in [2.45, 2.75) is 275 Å². The number of aliphatic hydroxyl groups is 5. The Balaban J connectivity index is 2.21. The maximum atomic E-state index is 12.9. The van der Waals surface area contributed by atoms with Crippen molar-refractivity contribution in [2.75, 3.05) is 13.2 Å². The fourth-order valence-electron chi connectivity index (χ4n) is 8.42. The van der Waals surface area contributed by atoms with Gasteiger partial charge in [-0.1, -0.05) is 241 Å². The third-order valence-corrected chi connectivity index (χ3v) is 12.8. The zero-order chi connectivity index (χ0) is 48.7. The summed E-state index contributed by atoms with van der Waals surface area (Å²) in [4.78, 5) is 12.9. The smallest absolute Gasteiger partial charge is 0.220 e. The molecule has 67 heavy (non-hydrogen) atoms. The van der Waals surface area contributed by atoms with E-state index in [-0.39, 0.29) is 18.9 Å². The highest BCUT2D eigenvalue weighted by Crippen LogP contribution is 2.23. The highest BCUT2D eigenvalue weighted by molar-refractivity contribution is 5.76. The molecule has 1 saturated heterocycles. The summed E-state index contributed by atoms with van der Waals surface area (Å²) in [5.41, 5.74) is 0. The number of carbonyl (C=O) groups is 1. The molecule has 1 rings (SSSR count). The molecule has 6 N–H and O–H groups in total. The van der Waals surface area contributed by atoms with Crippen molar-refractivity contribution >= 4 is 5.91 Å². The van der Waals surface area contributed by atoms with E-state index in [9.17, 15) is 30.3 Å². The van der Waals surface area contributed by atoms with Gasteiger partial charge in [-0.3, -0.25) is 4.79 Å². The molecule has 1 aliphatic rings. The van der Waals surface area contributed by atoms with Gasteiger partial charge >= 0.3 is 0 Å². The van der Waals surface area contributed by atoms with Gasteiger partial charge < -0.3 is 40.3 Å². The van der Waals surface area contributed by atoms with Crippen LogP contribution in [0.4, 0.5) is 0 Å². The molecular formula is C58H103NO8. The van der Waals surface area contributed by atoms with Crippen LogP contribution in [0.5, 0.6) is 0 Å². The largest absolute Gasteiger partial charge is 0.394 e. The molecule has 0 bridgehead atoms. The molecule has 9 heteroatoms. The third-order valence-electron chi connectivity index (χ3n) is 12.8. The molecule has 7 atom stereocenters. The lowest BCUT2D eigenvalue weighted by Crippen LogP contribution is -2.60. The van der Waals surface area contributed by atoms with Crippen molar-refractivity contribution in [3.63, 3.8) is 0 Å². The van der Waals surface area contributed by atoms with Gasteiger partial charge in [-0.25, -0.2) is 0 Å². The monoisotopic (exact) mass is 942 g/mol. The summed E-state index contributed by atoms with van der Waals surface area (Å²) >= 11 is 0. The zero-order valence-electron chi connectivity index (χ0n) is 42.9. The fraction of sp³-hybridized carbons (Fsp3) is 0.776. The summed E-state index contributed by atoms with van der Waals surface area (Å²) in [6, 6.07) is -0.863. The summed E-state index contributed by atoms with van der Waals surface area (Å²) in [5, 5.41) is 54.2. The van der Waals surface area contributed by atoms with Crippen molar-refractivity contribution in [3.8, 4) is 0 Å². The quantitative estimate of drug-likeness (QED) is 0.0261. The van der Waals surface area contributed by atoms with Crippen LogP contribution in [-0.2, 0) is 14.3 Å². The molecule has 1 heterocycles. The highest BCUT2D eigenvalue weighted by atomic mass is 16.7. The number of aliphatic hydroxyl groups excluding tert-OH is 5. The molecule has 388 valence electrons. The molecule has 0 aromatic heterocycles. The summed E-state index contributed by atoms with van der Waals surface area (Å²) < 4.78 is 11.2. The maximum Gasteiger partial charge on any atom is 0.220 e. The Hall–Kier alpha value is -2.37. The van der Waals surface area contributed by atoms with Crippen molar-refractivity contribution in [1.82, 2.24) is 5.32 Å². The minimum Gasteiger partial charge on any atom is -0.394 e. The number of nitrogens with one attached hydrogen (secondary N) is 1. The first-order valence-corrected chi connectivity index (χ1v) is 27.7. The first kappa shape index (κ1) is 62.6. The van der Waals surface area contributed by atoms with Gasteiger partial charge in [0.2, 0.25) is 5.91 Å². The maximum absolute atomic E-state index is 12.9. The van der Waals surface area contributed by atoms with Crippen LogP contribution in [0.25, 0.3) is 0 Å². The lowest BCUT2D eigenvalue weighted by Gasteiger charge is -2.40. The van der Waals surface area contributed by atoms with Gasteiger partial charge in [0.1, 0.15) is 24.4 Å². The molecule has 0 saturated carbocycles. The van der Waals surface area contributed by atoms with Gasteiger partial charge in [-0.05, 0) is 57.8 Å². The number of rotatable bonds is 46. The topological polar surface area (TPSA) is 149 Å². The number of hydrogen-bond acceptors (Lipinski definition) is 8. The fourth-order valence-corrected chi connectivity index (χ4v) is 8.42. The summed E-state index contributed by atoms with van der Waals surface area (Å²) in [6.45, 7) is 3.60. The second-order valence-corrected chi connectivity index (χ2v) is 19.0. The number of carbonyl (C=O) groups excluding carboxylic acids is 1. The minimum atomic E-state index is -1.59. The number of hydrogen-bond donors (Lipinski definition) is 6. The average molecular weight is 942 g/mol. The number of unbranched alkanes of at least 4 members (excludes halogenated alkanes) is 26. The Morgan fingerprint density at radius 2 is 0.940 bits per heavy atom. The standard InChI is InChI=1S/C58H103NO8/c1-3-5-7-9-11-13-15-17-18-19-20-21-22-23-24-25-26-27-28-29-30-31-32-33-34-36-37-39-41-43-45-47-52(61)51(50-66-58-57(65)56(64)55(63)53(49-60)67-58)59-54(62)48-46-44-42-40-38-35-16-14-12-10-8-6-4-2/h6,8,12,14,35,37-39,42,44-45,47,51-53,55-58,60-61,63-65H,3-5,7,9-11,13,15-34,36,40-41,43,46,48-50H2,1-2H3,(H,59,62)/b8-6-,14-12-,38-35-,39-37+,44-42-,47-45+. The van der Waals surface area contributed by atoms with E-state index in [1.807, 2.05) is 18.2 Å². The Labute approximate surface area is 410 Å². The van der Waals surface area contributed by atoms with Crippen molar-refractivity contribution in [3.05, 3.63) is 72.9 Å². The number of ether oxygens (including phenoxy) is 2. The van der Waals surface area contributed by atoms with Gasteiger partial charge in [0.25, 0.3) is 0 Å². The van der Waals surface area contributed by atoms with Crippen LogP contribution in [-0.4, -0.2) is 87.5 Å². The lowest BCUT2D eigenvalue weighted by atomic mass is 9.99. The van der Waals surface area contributed by atoms with Crippen molar-refractivity contribution in [2.24, 2.45) is 0 Å². The van der Waals surface area contributed by atoms with E-state index in [4.69, 9.17) is 9.47 Å². The second-order valence-electron chi connectivity index (χ2n) is 19.0. The predicted molar refractivity (Wildman–Crippen MR) is 281 cm³/mol. The molecule has 1 fully saturated rings. The van der Waals surface area contributed by atoms with E-state index in [1.54, 1.807) is 6.08 Å². The normalized spacial score (nSPS) is 20.3. The molecule has 0 aromatic rings. The van der Waals surface area contributed by atoms with Crippen LogP contribution in [0.2, 0.25) is 0 Å². The summed E-state index contributed by atoms with van der Waals surface area (Å²) in [7, 11) is 0. The summed E-state index contributed by atoms with van der Waals surface area (Å²) in [5.74, 6) is -0.267. The Kier molecular flexibility index (Phi) is 44.2. The Morgan fingerprint density at radius 1 is 0.522 bits per heavy atom. The molecule has 0 aliphatic carbocycles. The van der Waals surface area contributed by atoms with Crippen LogP contribution in [0.1, 0.15) is 232 Å². The van der Waals surface area contributed by atoms with E-state index >= 15 is 0 Å². The van der Waals surface area contributed by atoms with Crippen molar-refractivity contribution in [1.29, 1.82) is 0 Å². The van der Waals surface area contributed by atoms with Crippen LogP contribution in [0.3, 0.4) is 0 Å². The summed E-state index contributed by atoms with van der Waals surface area (Å²) in [6.07, 6.45) is 58.7. The number of allylic oxidation sites excluding steroid dienone is 11. The SMILES string of the molecule is CC/C=C\C/C=C\C/C=C\C/C=C\CCC(=O)NC(COC1OC(CO)C(O)C(O)C1O)C(O)/C=C/CC/C=C/CCCCCCCCCCCCCCCCCCCCCCCCCCC. The molecule has 0 radical (unpaired) electrons. The first-order chi connectivity index (χ1) is 32.8. The van der Waals surface area contributed by atoms with E-state index in [0.29, 0.717) is 6.42 Å². The second kappa shape index (κ2) is 47.3. The molecule has 0 spiro atoms. The van der Waals surface area contributed by atoms with Gasteiger partial charge in [0.15, 0.2) is 6.29 Å². The minimum absolute atomic E-state index is 0.214. The first-order valence-electron chi connectivity index (χ1n) is 27.7. The lowest BCUT2D eigenvalue weighted by molar-refractivity contribution is -0.302. The molecule has 1 amide bonds. The highest BCUT2D eigenvalue weighted by Gasteiger charge is 2.44. The van der Waals surface area contributed by atoms with Crippen molar-refractivity contribution < 1.29 is 39.8 Å². The van der Waals surface area contributed by atoms with Gasteiger partial charge in [-0.2, -0.15) is 0 Å². The van der Waals surface area contributed by atoms with E-state index in [0.717, 1.165) is 44.9 Å². The van der Waals surface area contributed by atoms with Gasteiger partial charge in [-0.15, -0.1) is 0 Å². The van der Waals surface area contributed by atoms with Gasteiger partial charge in [0.05, 0.1) is 25.4 Å². The molecule has 7 unspecified atom stereocenters. The Bertz CT molecular complexity index is 1280. The predicted octanol–water partition coefficient (Wildman–Crippen LogP) is 13.3. The molecule has 1 aliphatic heterocycles. The average Bonchev–Trinajstić information content (AvgIpc) is 3.33.